The van der Waals surface area contributed by atoms with Gasteiger partial charge in [0, 0.05) is 86.9 Å². The summed E-state index contributed by atoms with van der Waals surface area (Å²) in [5, 5.41) is 37.5. The second-order valence-electron chi connectivity index (χ2n) is 17.8. The highest BCUT2D eigenvalue weighted by molar-refractivity contribution is 8.00. The van der Waals surface area contributed by atoms with Gasteiger partial charge in [0.2, 0.25) is 11.8 Å². The fourth-order valence-corrected chi connectivity index (χ4v) is 10.7. The maximum Gasteiger partial charge on any atom is 0.234 e. The van der Waals surface area contributed by atoms with Crippen LogP contribution in [-0.2, 0) is 22.7 Å². The number of nitrogens with one attached hydrogen (secondary N) is 4. The normalized spacial score (nSPS) is 21.4. The van der Waals surface area contributed by atoms with Crippen molar-refractivity contribution in [3.05, 3.63) is 108 Å². The number of rotatable bonds is 14. The number of likely N-dealkylation sites (tertiary alicyclic amines) is 2. The summed E-state index contributed by atoms with van der Waals surface area (Å²) in [6.45, 7) is 3.48. The molecule has 70 heavy (non-hydrogen) atoms. The summed E-state index contributed by atoms with van der Waals surface area (Å²) in [5.74, 6) is 2.08. The van der Waals surface area contributed by atoms with Crippen molar-refractivity contribution in [2.24, 2.45) is 0 Å². The number of pyridine rings is 4. The third kappa shape index (κ3) is 11.9. The summed E-state index contributed by atoms with van der Waals surface area (Å²) in [4.78, 5) is 44.7. The van der Waals surface area contributed by atoms with Crippen molar-refractivity contribution in [3.8, 4) is 11.5 Å². The first-order chi connectivity index (χ1) is 34.0. The molecule has 0 radical (unpaired) electrons. The average molecular weight is 995 g/mol. The van der Waals surface area contributed by atoms with Crippen molar-refractivity contribution in [1.82, 2.24) is 40.4 Å². The summed E-state index contributed by atoms with van der Waals surface area (Å²) in [6, 6.07) is 18.0. The summed E-state index contributed by atoms with van der Waals surface area (Å²) in [7, 11) is 3.21. The molecule has 6 atom stereocenters. The van der Waals surface area contributed by atoms with E-state index < -0.39 is 24.6 Å². The number of alkyl halides is 2. The SMILES string of the molecule is COc1ccc2nccc([C@@H](O)CN3CC[C@@H](NCc4cnc5c(c4)NC(=O)CS5)[C@H](F)C3)c2c1.COc1ccc2nccc([C@@H](O)CN3CC[C@H](NCc4cnc5c(c4)NC(=O)CS5)[C@@H](F)C3)c2c1. The van der Waals surface area contributed by atoms with Gasteiger partial charge in [0.05, 0.1) is 60.3 Å². The number of methoxy groups -OCH3 is 2. The van der Waals surface area contributed by atoms with E-state index in [4.69, 9.17) is 9.47 Å². The Labute approximate surface area is 412 Å². The lowest BCUT2D eigenvalue weighted by Crippen LogP contribution is -2.51. The van der Waals surface area contributed by atoms with Crippen LogP contribution >= 0.6 is 23.5 Å². The maximum absolute atomic E-state index is 15.0. The van der Waals surface area contributed by atoms with Crippen LogP contribution in [0, 0.1) is 0 Å². The Kier molecular flexibility index (Phi) is 16.0. The van der Waals surface area contributed by atoms with Gasteiger partial charge in [0.25, 0.3) is 0 Å². The van der Waals surface area contributed by atoms with Crippen LogP contribution in [0.15, 0.2) is 95.5 Å². The number of halogens is 2. The molecular weight excluding hydrogens is 939 g/mol. The van der Waals surface area contributed by atoms with Crippen LogP contribution in [-0.4, -0.2) is 141 Å². The van der Waals surface area contributed by atoms with Crippen molar-refractivity contribution in [2.45, 2.75) is 72.6 Å². The molecule has 0 spiro atoms. The lowest BCUT2D eigenvalue weighted by molar-refractivity contribution is -0.114. The van der Waals surface area contributed by atoms with Crippen LogP contribution in [0.4, 0.5) is 20.2 Å². The molecule has 2 saturated heterocycles. The summed E-state index contributed by atoms with van der Waals surface area (Å²) >= 11 is 2.84. The van der Waals surface area contributed by atoms with Crippen LogP contribution in [0.3, 0.4) is 0 Å². The van der Waals surface area contributed by atoms with Gasteiger partial charge in [-0.3, -0.25) is 29.4 Å². The first kappa shape index (κ1) is 49.4. The van der Waals surface area contributed by atoms with E-state index in [2.05, 4.69) is 41.2 Å². The van der Waals surface area contributed by atoms with E-state index >= 15 is 8.78 Å². The molecule has 6 N–H and O–H groups in total. The van der Waals surface area contributed by atoms with Crippen LogP contribution in [0.5, 0.6) is 11.5 Å². The predicted octanol–water partition coefficient (Wildman–Crippen LogP) is 5.84. The largest absolute Gasteiger partial charge is 0.497 e. The molecule has 368 valence electrons. The molecule has 2 aromatic carbocycles. The summed E-state index contributed by atoms with van der Waals surface area (Å²) in [5.41, 5.74) is 6.31. The van der Waals surface area contributed by atoms with Crippen molar-refractivity contribution >= 4 is 68.5 Å². The van der Waals surface area contributed by atoms with Gasteiger partial charge in [0.1, 0.15) is 33.9 Å². The van der Waals surface area contributed by atoms with Gasteiger partial charge in [-0.15, -0.1) is 0 Å². The lowest BCUT2D eigenvalue weighted by Gasteiger charge is -2.36. The smallest absolute Gasteiger partial charge is 0.234 e. The predicted molar refractivity (Wildman–Crippen MR) is 267 cm³/mol. The number of piperidine rings is 2. The van der Waals surface area contributed by atoms with Gasteiger partial charge in [-0.1, -0.05) is 23.5 Å². The van der Waals surface area contributed by atoms with E-state index in [-0.39, 0.29) is 37.0 Å². The van der Waals surface area contributed by atoms with Crippen molar-refractivity contribution in [1.29, 1.82) is 0 Å². The molecule has 10 rings (SSSR count). The number of anilines is 2. The number of nitrogens with zero attached hydrogens (tertiary/aromatic N) is 6. The van der Waals surface area contributed by atoms with Crippen LogP contribution in [0.1, 0.15) is 47.3 Å². The van der Waals surface area contributed by atoms with Crippen molar-refractivity contribution in [2.75, 3.05) is 75.6 Å². The zero-order valence-electron chi connectivity index (χ0n) is 38.8. The quantitative estimate of drug-likeness (QED) is 0.0761. The Morgan fingerprint density at radius 1 is 0.671 bits per heavy atom. The highest BCUT2D eigenvalue weighted by Crippen LogP contribution is 2.33. The number of thioether (sulfide) groups is 2. The fourth-order valence-electron chi connectivity index (χ4n) is 9.27. The van der Waals surface area contributed by atoms with Gasteiger partial charge < -0.3 is 41.0 Å². The number of aliphatic hydroxyl groups excluding tert-OH is 2. The number of β-amino-alcohol motifs (C(OH)–C–C–N with tert-alkyl or cyclic N) is 2. The standard InChI is InChI=1S/2C25H28FN5O3S/c2*1-34-16-2-3-20-18(9-16)17(4-6-27-20)23(32)13-31-7-5-21(19(26)12-31)28-10-15-8-22-25(29-11-15)35-14-24(33)30-22/h2*2-4,6,8-9,11,19,21,23,28,32H,5,7,10,12-14H2,1H3,(H,30,33)/t19-,21-,23+;19-,21-,23-/m10/s1. The number of carbonyl (C=O) groups excluding carboxylic acids is 2. The van der Waals surface area contributed by atoms with Gasteiger partial charge in [-0.2, -0.15) is 0 Å². The topological polar surface area (TPSA) is 199 Å². The van der Waals surface area contributed by atoms with E-state index in [0.29, 0.717) is 86.5 Å². The number of aliphatic hydroxyl groups is 2. The molecule has 4 aromatic heterocycles. The summed E-state index contributed by atoms with van der Waals surface area (Å²) < 4.78 is 40.7. The fraction of sp³-hybridized carbons (Fsp3) is 0.400. The van der Waals surface area contributed by atoms with Crippen molar-refractivity contribution in [3.63, 3.8) is 0 Å². The van der Waals surface area contributed by atoms with E-state index in [1.54, 1.807) is 51.1 Å². The zero-order valence-corrected chi connectivity index (χ0v) is 40.4. The minimum absolute atomic E-state index is 0.0355. The molecular formula is C50H56F2N10O6S2. The molecule has 16 nitrogen and oxygen atoms in total. The number of hydrogen-bond donors (Lipinski definition) is 6. The first-order valence-electron chi connectivity index (χ1n) is 23.2. The van der Waals surface area contributed by atoms with Gasteiger partial charge in [-0.25, -0.2) is 18.7 Å². The number of amides is 2. The Hall–Kier alpha value is -5.58. The van der Waals surface area contributed by atoms with E-state index in [9.17, 15) is 19.8 Å². The average Bonchev–Trinajstić information content (AvgIpc) is 3.37. The molecule has 4 aliphatic rings. The molecule has 0 saturated carbocycles. The molecule has 8 heterocycles. The number of fused-ring (bicyclic) bond motifs is 4. The molecule has 6 aromatic rings. The molecule has 20 heteroatoms. The summed E-state index contributed by atoms with van der Waals surface area (Å²) in [6.07, 6.45) is 4.50. The monoisotopic (exact) mass is 994 g/mol. The van der Waals surface area contributed by atoms with Gasteiger partial charge >= 0.3 is 0 Å². The number of ether oxygens (including phenoxy) is 2. The molecule has 0 aliphatic carbocycles. The lowest BCUT2D eigenvalue weighted by atomic mass is 10.00. The zero-order chi connectivity index (χ0) is 48.7. The molecule has 4 aliphatic heterocycles. The molecule has 2 fully saturated rings. The minimum atomic E-state index is -1.06. The van der Waals surface area contributed by atoms with E-state index in [1.165, 1.54) is 23.5 Å². The van der Waals surface area contributed by atoms with Gasteiger partial charge in [0.15, 0.2) is 0 Å². The maximum atomic E-state index is 15.0. The number of carbonyl (C=O) groups is 2. The number of aromatic nitrogens is 4. The first-order valence-corrected chi connectivity index (χ1v) is 25.2. The molecule has 0 bridgehead atoms. The Balaban J connectivity index is 0.000000174. The van der Waals surface area contributed by atoms with Crippen molar-refractivity contribution < 1.29 is 38.1 Å². The third-order valence-corrected chi connectivity index (χ3v) is 15.0. The third-order valence-electron chi connectivity index (χ3n) is 13.0. The Morgan fingerprint density at radius 2 is 1.11 bits per heavy atom. The highest BCUT2D eigenvalue weighted by atomic mass is 32.2. The molecule has 2 amide bonds. The van der Waals surface area contributed by atoms with Crippen LogP contribution in [0.25, 0.3) is 21.8 Å². The van der Waals surface area contributed by atoms with E-state index in [0.717, 1.165) is 54.1 Å². The Bertz CT molecular complexity index is 2650. The highest BCUT2D eigenvalue weighted by Gasteiger charge is 2.32. The van der Waals surface area contributed by atoms with E-state index in [1.807, 2.05) is 58.3 Å². The van der Waals surface area contributed by atoms with Crippen LogP contribution < -0.4 is 30.7 Å². The minimum Gasteiger partial charge on any atom is -0.497 e. The molecule has 0 unspecified atom stereocenters. The van der Waals surface area contributed by atoms with Crippen LogP contribution in [0.2, 0.25) is 0 Å². The Morgan fingerprint density at radius 3 is 1.53 bits per heavy atom. The second kappa shape index (κ2) is 22.7. The number of hydrogen-bond acceptors (Lipinski definition) is 16. The second-order valence-corrected chi connectivity index (χ2v) is 19.7. The number of benzene rings is 2. The van der Waals surface area contributed by atoms with Gasteiger partial charge in [-0.05, 0) is 109 Å².